The summed E-state index contributed by atoms with van der Waals surface area (Å²) in [6, 6.07) is 8.20. The number of amides is 1. The Morgan fingerprint density at radius 1 is 1.36 bits per heavy atom. The van der Waals surface area contributed by atoms with E-state index in [2.05, 4.69) is 35.0 Å². The number of carbonyl (C=O) groups excluding carboxylic acids is 1. The summed E-state index contributed by atoms with van der Waals surface area (Å²) >= 11 is 5.56. The van der Waals surface area contributed by atoms with Crippen molar-refractivity contribution < 1.29 is 4.79 Å². The van der Waals surface area contributed by atoms with Gasteiger partial charge in [-0.05, 0) is 30.3 Å². The smallest absolute Gasteiger partial charge is 0.251 e. The zero-order valence-corrected chi connectivity index (χ0v) is 13.4. The van der Waals surface area contributed by atoms with Crippen molar-refractivity contribution in [2.75, 3.05) is 6.54 Å². The highest BCUT2D eigenvalue weighted by Gasteiger charge is 2.45. The number of carbonyl (C=O) groups is 1. The topological polar surface area (TPSA) is 39.3 Å². The van der Waals surface area contributed by atoms with E-state index < -0.39 is 0 Å². The van der Waals surface area contributed by atoms with Crippen molar-refractivity contribution in [3.8, 4) is 0 Å². The average Bonchev–Trinajstić information content (AvgIpc) is 3.01. The van der Waals surface area contributed by atoms with Gasteiger partial charge in [0.2, 0.25) is 0 Å². The molecule has 22 heavy (non-hydrogen) atoms. The maximum absolute atomic E-state index is 12.7. The zero-order chi connectivity index (χ0) is 15.3. The maximum atomic E-state index is 12.7. The van der Waals surface area contributed by atoms with Gasteiger partial charge in [-0.15, -0.1) is 0 Å². The predicted octanol–water partition coefficient (Wildman–Crippen LogP) is 2.82. The van der Waals surface area contributed by atoms with Crippen molar-refractivity contribution in [1.82, 2.24) is 14.8 Å². The Labute approximate surface area is 135 Å². The Morgan fingerprint density at radius 3 is 3.00 bits per heavy atom. The van der Waals surface area contributed by atoms with Gasteiger partial charge in [0.1, 0.15) is 6.04 Å². The van der Waals surface area contributed by atoms with Crippen LogP contribution in [0.4, 0.5) is 0 Å². The minimum absolute atomic E-state index is 0.115. The van der Waals surface area contributed by atoms with Gasteiger partial charge < -0.3 is 9.88 Å². The molecular formula is C17H19N3OS. The van der Waals surface area contributed by atoms with E-state index in [4.69, 9.17) is 12.2 Å². The predicted molar refractivity (Wildman–Crippen MR) is 90.6 cm³/mol. The lowest BCUT2D eigenvalue weighted by atomic mass is 9.97. The van der Waals surface area contributed by atoms with Crippen LogP contribution in [0.2, 0.25) is 0 Å². The molecule has 0 aliphatic carbocycles. The van der Waals surface area contributed by atoms with Crippen molar-refractivity contribution in [2.45, 2.75) is 38.8 Å². The molecule has 3 heterocycles. The van der Waals surface area contributed by atoms with E-state index in [9.17, 15) is 4.79 Å². The minimum Gasteiger partial charge on any atom is -0.357 e. The van der Waals surface area contributed by atoms with E-state index >= 15 is 0 Å². The van der Waals surface area contributed by atoms with Crippen LogP contribution in [0.1, 0.15) is 31.0 Å². The van der Waals surface area contributed by atoms with Gasteiger partial charge in [-0.2, -0.15) is 0 Å². The second kappa shape index (κ2) is 5.09. The molecule has 1 atom stereocenters. The summed E-state index contributed by atoms with van der Waals surface area (Å²) in [6.07, 6.45) is 2.82. The molecule has 0 unspecified atom stereocenters. The summed E-state index contributed by atoms with van der Waals surface area (Å²) in [5.74, 6) is 0.175. The lowest BCUT2D eigenvalue weighted by molar-refractivity contribution is -0.128. The molecule has 0 saturated carbocycles. The summed E-state index contributed by atoms with van der Waals surface area (Å²) in [5.41, 5.74) is 3.63. The van der Waals surface area contributed by atoms with Gasteiger partial charge in [-0.25, -0.2) is 0 Å². The van der Waals surface area contributed by atoms with E-state index in [1.54, 1.807) is 4.90 Å². The molecule has 5 heteroatoms. The summed E-state index contributed by atoms with van der Waals surface area (Å²) in [6.45, 7) is 3.59. The fourth-order valence-corrected chi connectivity index (χ4v) is 3.95. The Bertz CT molecular complexity index is 766. The molecule has 2 aliphatic heterocycles. The van der Waals surface area contributed by atoms with Gasteiger partial charge in [0, 0.05) is 29.6 Å². The SMILES string of the molecule is CCCCN1C(=O)[C@@H]2Cc3c([nH]c4ccccc34)CN2C1=S. The number of fused-ring (bicyclic) bond motifs is 4. The number of nitrogens with one attached hydrogen (secondary N) is 1. The first-order valence-electron chi connectivity index (χ1n) is 7.91. The molecule has 4 rings (SSSR count). The molecule has 2 aliphatic rings. The molecular weight excluding hydrogens is 294 g/mol. The zero-order valence-electron chi connectivity index (χ0n) is 12.6. The van der Waals surface area contributed by atoms with Crippen LogP contribution in [-0.4, -0.2) is 38.4 Å². The van der Waals surface area contributed by atoms with Crippen molar-refractivity contribution in [1.29, 1.82) is 0 Å². The molecule has 1 aromatic heterocycles. The standard InChI is InChI=1S/C17H19N3OS/c1-2-3-8-19-16(21)15-9-12-11-6-4-5-7-13(11)18-14(12)10-20(15)17(19)22/h4-7,15,18H,2-3,8-10H2,1H3/t15-/m0/s1. The molecule has 0 radical (unpaired) electrons. The normalized spacial score (nSPS) is 20.7. The summed E-state index contributed by atoms with van der Waals surface area (Å²) in [5, 5.41) is 1.94. The molecule has 0 spiro atoms. The van der Waals surface area contributed by atoms with E-state index in [0.29, 0.717) is 11.7 Å². The van der Waals surface area contributed by atoms with Crippen molar-refractivity contribution in [2.24, 2.45) is 0 Å². The third-order valence-corrected chi connectivity index (χ3v) is 5.22. The van der Waals surface area contributed by atoms with E-state index in [1.165, 1.54) is 16.6 Å². The van der Waals surface area contributed by atoms with Crippen LogP contribution in [-0.2, 0) is 17.8 Å². The van der Waals surface area contributed by atoms with Crippen molar-refractivity contribution in [3.63, 3.8) is 0 Å². The highest BCUT2D eigenvalue weighted by Crippen LogP contribution is 2.34. The number of hydrogen-bond donors (Lipinski definition) is 1. The van der Waals surface area contributed by atoms with Gasteiger partial charge in [0.25, 0.3) is 5.91 Å². The number of para-hydroxylation sites is 1. The Kier molecular flexibility index (Phi) is 3.18. The molecule has 1 fully saturated rings. The fraction of sp³-hybridized carbons (Fsp3) is 0.412. The van der Waals surface area contributed by atoms with Crippen molar-refractivity contribution in [3.05, 3.63) is 35.5 Å². The van der Waals surface area contributed by atoms with Crippen LogP contribution in [0, 0.1) is 0 Å². The van der Waals surface area contributed by atoms with Gasteiger partial charge in [0.05, 0.1) is 6.54 Å². The molecule has 1 aromatic carbocycles. The molecule has 4 nitrogen and oxygen atoms in total. The third kappa shape index (κ3) is 1.88. The highest BCUT2D eigenvalue weighted by molar-refractivity contribution is 7.80. The van der Waals surface area contributed by atoms with E-state index in [0.717, 1.165) is 31.3 Å². The van der Waals surface area contributed by atoms with Gasteiger partial charge in [0.15, 0.2) is 5.11 Å². The Morgan fingerprint density at radius 2 is 2.18 bits per heavy atom. The average molecular weight is 313 g/mol. The number of benzene rings is 1. The number of nitrogens with zero attached hydrogens (tertiary/aromatic N) is 2. The summed E-state index contributed by atoms with van der Waals surface area (Å²) in [4.78, 5) is 20.1. The second-order valence-electron chi connectivity index (χ2n) is 6.10. The quantitative estimate of drug-likeness (QED) is 0.886. The van der Waals surface area contributed by atoms with Gasteiger partial charge >= 0.3 is 0 Å². The lowest BCUT2D eigenvalue weighted by Crippen LogP contribution is -2.39. The second-order valence-corrected chi connectivity index (χ2v) is 6.47. The monoisotopic (exact) mass is 313 g/mol. The first-order valence-corrected chi connectivity index (χ1v) is 8.32. The van der Waals surface area contributed by atoms with Crippen LogP contribution in [0.25, 0.3) is 10.9 Å². The van der Waals surface area contributed by atoms with Crippen LogP contribution < -0.4 is 0 Å². The van der Waals surface area contributed by atoms with Crippen molar-refractivity contribution >= 4 is 34.1 Å². The number of rotatable bonds is 3. The first kappa shape index (κ1) is 13.8. The Hall–Kier alpha value is -1.88. The number of H-pyrrole nitrogens is 1. The molecule has 114 valence electrons. The first-order chi connectivity index (χ1) is 10.7. The number of unbranched alkanes of at least 4 members (excludes halogenated alkanes) is 1. The van der Waals surface area contributed by atoms with Crippen LogP contribution in [0.5, 0.6) is 0 Å². The molecule has 2 aromatic rings. The summed E-state index contributed by atoms with van der Waals surface area (Å²) in [7, 11) is 0. The molecule has 1 amide bonds. The number of thiocarbonyl (C=S) groups is 1. The third-order valence-electron chi connectivity index (χ3n) is 4.77. The lowest BCUT2D eigenvalue weighted by Gasteiger charge is -2.28. The van der Waals surface area contributed by atoms with E-state index in [-0.39, 0.29) is 11.9 Å². The number of aromatic amines is 1. The number of aromatic nitrogens is 1. The summed E-state index contributed by atoms with van der Waals surface area (Å²) < 4.78 is 0. The van der Waals surface area contributed by atoms with Gasteiger partial charge in [-0.1, -0.05) is 31.5 Å². The van der Waals surface area contributed by atoms with Crippen LogP contribution in [0.3, 0.4) is 0 Å². The van der Waals surface area contributed by atoms with Gasteiger partial charge in [-0.3, -0.25) is 9.69 Å². The van der Waals surface area contributed by atoms with Crippen LogP contribution in [0.15, 0.2) is 24.3 Å². The Balaban J connectivity index is 1.69. The molecule has 1 saturated heterocycles. The highest BCUT2D eigenvalue weighted by atomic mass is 32.1. The number of hydrogen-bond acceptors (Lipinski definition) is 2. The minimum atomic E-state index is -0.115. The molecule has 1 N–H and O–H groups in total. The molecule has 0 bridgehead atoms. The maximum Gasteiger partial charge on any atom is 0.251 e. The largest absolute Gasteiger partial charge is 0.357 e. The fourth-order valence-electron chi connectivity index (χ4n) is 3.58. The van der Waals surface area contributed by atoms with E-state index in [1.807, 2.05) is 6.07 Å². The van der Waals surface area contributed by atoms with Crippen LogP contribution >= 0.6 is 12.2 Å².